The van der Waals surface area contributed by atoms with Crippen LogP contribution in [0.4, 0.5) is 0 Å². The van der Waals surface area contributed by atoms with Crippen molar-refractivity contribution in [3.8, 4) is 0 Å². The van der Waals surface area contributed by atoms with Gasteiger partial charge in [0, 0.05) is 0 Å². The highest BCUT2D eigenvalue weighted by Crippen LogP contribution is 2.34. The third-order valence-electron chi connectivity index (χ3n) is 2.92. The Morgan fingerprint density at radius 2 is 2.06 bits per heavy atom. The first-order valence-corrected chi connectivity index (χ1v) is 5.31. The van der Waals surface area contributed by atoms with E-state index in [2.05, 4.69) is 0 Å². The third kappa shape index (κ3) is 1.97. The van der Waals surface area contributed by atoms with Gasteiger partial charge in [0.2, 0.25) is 0 Å². The molecule has 0 aromatic heterocycles. The van der Waals surface area contributed by atoms with Crippen LogP contribution >= 0.6 is 0 Å². The van der Waals surface area contributed by atoms with Gasteiger partial charge >= 0.3 is 0 Å². The molecule has 1 aliphatic carbocycles. The summed E-state index contributed by atoms with van der Waals surface area (Å²) < 4.78 is 0. The number of carbonyl (C=O) groups excluding carboxylic acids is 1. The predicted octanol–water partition coefficient (Wildman–Crippen LogP) is 2.21. The summed E-state index contributed by atoms with van der Waals surface area (Å²) in [6.45, 7) is -0.142. The molecule has 2 nitrogen and oxygen atoms in total. The molecule has 0 fully saturated rings. The standard InChI is InChI=1S/C14H14O2/c15-10-14(11-16)8-4-7-13(9-14)12-5-2-1-3-6-12/h1-8,10,16H,9,11H2. The Labute approximate surface area is 94.9 Å². The van der Waals surface area contributed by atoms with Gasteiger partial charge in [0.15, 0.2) is 0 Å². The van der Waals surface area contributed by atoms with Gasteiger partial charge in [0.05, 0.1) is 12.0 Å². The first kappa shape index (κ1) is 10.8. The maximum Gasteiger partial charge on any atom is 0.132 e. The van der Waals surface area contributed by atoms with E-state index in [4.69, 9.17) is 0 Å². The molecule has 0 bridgehead atoms. The molecular weight excluding hydrogens is 200 g/mol. The number of hydrogen-bond donors (Lipinski definition) is 1. The highest BCUT2D eigenvalue weighted by Gasteiger charge is 2.29. The molecule has 16 heavy (non-hydrogen) atoms. The Kier molecular flexibility index (Phi) is 3.02. The molecule has 1 atom stereocenters. The topological polar surface area (TPSA) is 37.3 Å². The number of allylic oxidation sites excluding steroid dienone is 3. The van der Waals surface area contributed by atoms with Crippen molar-refractivity contribution in [1.29, 1.82) is 0 Å². The third-order valence-corrected chi connectivity index (χ3v) is 2.92. The molecule has 0 spiro atoms. The largest absolute Gasteiger partial charge is 0.395 e. The fourth-order valence-corrected chi connectivity index (χ4v) is 1.91. The SMILES string of the molecule is O=CC1(CO)C=CC=C(c2ccccc2)C1. The van der Waals surface area contributed by atoms with E-state index in [1.807, 2.05) is 42.5 Å². The zero-order valence-electron chi connectivity index (χ0n) is 8.97. The van der Waals surface area contributed by atoms with Crippen LogP contribution in [0.25, 0.3) is 5.57 Å². The number of aliphatic hydroxyl groups excluding tert-OH is 1. The maximum absolute atomic E-state index is 11.1. The monoisotopic (exact) mass is 214 g/mol. The van der Waals surface area contributed by atoms with Crippen molar-refractivity contribution in [3.05, 3.63) is 54.1 Å². The van der Waals surface area contributed by atoms with Crippen molar-refractivity contribution in [3.63, 3.8) is 0 Å². The lowest BCUT2D eigenvalue weighted by Crippen LogP contribution is -2.26. The molecule has 0 aliphatic heterocycles. The van der Waals surface area contributed by atoms with Gasteiger partial charge in [-0.15, -0.1) is 0 Å². The van der Waals surface area contributed by atoms with Gasteiger partial charge in [0.1, 0.15) is 6.29 Å². The van der Waals surface area contributed by atoms with Gasteiger partial charge in [0.25, 0.3) is 0 Å². The van der Waals surface area contributed by atoms with Crippen LogP contribution in [0, 0.1) is 5.41 Å². The summed E-state index contributed by atoms with van der Waals surface area (Å²) in [6.07, 6.45) is 7.00. The summed E-state index contributed by atoms with van der Waals surface area (Å²) in [5, 5.41) is 9.30. The van der Waals surface area contributed by atoms with Crippen LogP contribution in [-0.2, 0) is 4.79 Å². The van der Waals surface area contributed by atoms with Gasteiger partial charge in [-0.05, 0) is 17.6 Å². The lowest BCUT2D eigenvalue weighted by atomic mass is 9.78. The molecule has 0 heterocycles. The summed E-state index contributed by atoms with van der Waals surface area (Å²) in [6, 6.07) is 9.92. The number of benzene rings is 1. The summed E-state index contributed by atoms with van der Waals surface area (Å²) >= 11 is 0. The molecule has 0 amide bonds. The first-order chi connectivity index (χ1) is 7.79. The van der Waals surface area contributed by atoms with Crippen LogP contribution in [0.2, 0.25) is 0 Å². The van der Waals surface area contributed by atoms with Gasteiger partial charge < -0.3 is 9.90 Å². The average molecular weight is 214 g/mol. The Morgan fingerprint density at radius 3 is 2.69 bits per heavy atom. The predicted molar refractivity (Wildman–Crippen MR) is 63.8 cm³/mol. The summed E-state index contributed by atoms with van der Waals surface area (Å²) in [5.41, 5.74) is 1.45. The fourth-order valence-electron chi connectivity index (χ4n) is 1.91. The summed E-state index contributed by atoms with van der Waals surface area (Å²) in [5.74, 6) is 0. The van der Waals surface area contributed by atoms with Crippen molar-refractivity contribution in [2.75, 3.05) is 6.61 Å². The molecule has 0 saturated heterocycles. The van der Waals surface area contributed by atoms with Crippen molar-refractivity contribution in [2.45, 2.75) is 6.42 Å². The first-order valence-electron chi connectivity index (χ1n) is 5.31. The van der Waals surface area contributed by atoms with Crippen molar-refractivity contribution in [1.82, 2.24) is 0 Å². The Balaban J connectivity index is 2.30. The van der Waals surface area contributed by atoms with Crippen LogP contribution in [0.3, 0.4) is 0 Å². The van der Waals surface area contributed by atoms with Gasteiger partial charge in [-0.1, -0.05) is 48.6 Å². The Bertz CT molecular complexity index is 431. The minimum atomic E-state index is -0.736. The molecule has 82 valence electrons. The van der Waals surface area contributed by atoms with E-state index in [-0.39, 0.29) is 6.61 Å². The second-order valence-corrected chi connectivity index (χ2v) is 4.10. The van der Waals surface area contributed by atoms with E-state index in [0.717, 1.165) is 17.4 Å². The highest BCUT2D eigenvalue weighted by molar-refractivity contribution is 5.76. The number of rotatable bonds is 3. The lowest BCUT2D eigenvalue weighted by molar-refractivity contribution is -0.115. The minimum Gasteiger partial charge on any atom is -0.395 e. The molecule has 2 heteroatoms. The highest BCUT2D eigenvalue weighted by atomic mass is 16.3. The number of carbonyl (C=O) groups is 1. The second kappa shape index (κ2) is 4.45. The average Bonchev–Trinajstić information content (AvgIpc) is 2.40. The fraction of sp³-hybridized carbons (Fsp3) is 0.214. The Hall–Kier alpha value is -1.67. The smallest absolute Gasteiger partial charge is 0.132 e. The van der Waals surface area contributed by atoms with Gasteiger partial charge in [-0.25, -0.2) is 0 Å². The number of aldehydes is 1. The Morgan fingerprint density at radius 1 is 1.31 bits per heavy atom. The number of hydrogen-bond acceptors (Lipinski definition) is 2. The van der Waals surface area contributed by atoms with Crippen LogP contribution in [0.15, 0.2) is 48.6 Å². The molecule has 1 aromatic carbocycles. The van der Waals surface area contributed by atoms with E-state index >= 15 is 0 Å². The van der Waals surface area contributed by atoms with Gasteiger partial charge in [-0.3, -0.25) is 0 Å². The van der Waals surface area contributed by atoms with E-state index in [9.17, 15) is 9.90 Å². The molecule has 0 saturated carbocycles. The maximum atomic E-state index is 11.1. The molecular formula is C14H14O2. The second-order valence-electron chi connectivity index (χ2n) is 4.10. The van der Waals surface area contributed by atoms with Crippen molar-refractivity contribution >= 4 is 11.9 Å². The van der Waals surface area contributed by atoms with Crippen LogP contribution in [-0.4, -0.2) is 18.0 Å². The molecule has 2 rings (SSSR count). The van der Waals surface area contributed by atoms with Gasteiger partial charge in [-0.2, -0.15) is 0 Å². The van der Waals surface area contributed by atoms with Crippen LogP contribution in [0.1, 0.15) is 12.0 Å². The summed E-state index contributed by atoms with van der Waals surface area (Å²) in [7, 11) is 0. The molecule has 1 aliphatic rings. The lowest BCUT2D eigenvalue weighted by Gasteiger charge is -2.26. The normalized spacial score (nSPS) is 23.9. The zero-order valence-corrected chi connectivity index (χ0v) is 8.97. The quantitative estimate of drug-likeness (QED) is 0.783. The van der Waals surface area contributed by atoms with E-state index in [1.165, 1.54) is 0 Å². The van der Waals surface area contributed by atoms with Crippen LogP contribution in [0.5, 0.6) is 0 Å². The van der Waals surface area contributed by atoms with E-state index in [1.54, 1.807) is 6.08 Å². The molecule has 1 unspecified atom stereocenters. The summed E-state index contributed by atoms with van der Waals surface area (Å²) in [4.78, 5) is 11.1. The van der Waals surface area contributed by atoms with Crippen molar-refractivity contribution in [2.24, 2.45) is 5.41 Å². The molecule has 1 N–H and O–H groups in total. The zero-order chi connectivity index (χ0) is 11.4. The van der Waals surface area contributed by atoms with E-state index < -0.39 is 5.41 Å². The molecule has 0 radical (unpaired) electrons. The number of aliphatic hydroxyl groups is 1. The minimum absolute atomic E-state index is 0.142. The van der Waals surface area contributed by atoms with Crippen molar-refractivity contribution < 1.29 is 9.90 Å². The van der Waals surface area contributed by atoms with Crippen LogP contribution < -0.4 is 0 Å². The van der Waals surface area contributed by atoms with E-state index in [0.29, 0.717) is 6.42 Å². The molecule has 1 aromatic rings.